The van der Waals surface area contributed by atoms with E-state index in [0.717, 1.165) is 33.4 Å². The molecule has 0 saturated carbocycles. The highest BCUT2D eigenvalue weighted by atomic mass is 32.2. The van der Waals surface area contributed by atoms with E-state index in [4.69, 9.17) is 0 Å². The van der Waals surface area contributed by atoms with Crippen LogP contribution >= 0.6 is 0 Å². The molecular formula is C28H34N2O3S. The Labute approximate surface area is 203 Å². The summed E-state index contributed by atoms with van der Waals surface area (Å²) in [6, 6.07) is 18.3. The molecule has 34 heavy (non-hydrogen) atoms. The molecule has 0 spiro atoms. The van der Waals surface area contributed by atoms with Gasteiger partial charge in [0, 0.05) is 6.54 Å². The van der Waals surface area contributed by atoms with Gasteiger partial charge in [-0.25, -0.2) is 8.42 Å². The summed E-state index contributed by atoms with van der Waals surface area (Å²) in [6.45, 7) is 11.8. The van der Waals surface area contributed by atoms with Gasteiger partial charge in [-0.05, 0) is 81.5 Å². The molecule has 0 fully saturated rings. The number of aryl methyl sites for hydroxylation is 5. The molecule has 180 valence electrons. The first-order valence-electron chi connectivity index (χ1n) is 11.5. The smallest absolute Gasteiger partial charge is 0.243 e. The summed E-state index contributed by atoms with van der Waals surface area (Å²) >= 11 is 0. The van der Waals surface area contributed by atoms with Gasteiger partial charge in [0.15, 0.2) is 0 Å². The SMILES string of the molecule is Cc1ccc(S(=O)(=O)N(CC(=O)N[C@@H](C)c2cc(C)c(C)cc2C)Cc2cccc(C)c2)cc1. The van der Waals surface area contributed by atoms with Crippen molar-refractivity contribution in [2.24, 2.45) is 0 Å². The van der Waals surface area contributed by atoms with Gasteiger partial charge in [0.25, 0.3) is 0 Å². The highest BCUT2D eigenvalue weighted by Crippen LogP contribution is 2.23. The first-order chi connectivity index (χ1) is 16.0. The van der Waals surface area contributed by atoms with Gasteiger partial charge < -0.3 is 5.32 Å². The Morgan fingerprint density at radius 2 is 1.50 bits per heavy atom. The number of hydrogen-bond donors (Lipinski definition) is 1. The fourth-order valence-corrected chi connectivity index (χ4v) is 5.46. The van der Waals surface area contributed by atoms with Crippen molar-refractivity contribution in [3.63, 3.8) is 0 Å². The zero-order chi connectivity index (χ0) is 25.0. The van der Waals surface area contributed by atoms with E-state index in [0.29, 0.717) is 0 Å². The molecule has 1 N–H and O–H groups in total. The Kier molecular flexibility index (Phi) is 7.95. The van der Waals surface area contributed by atoms with Crippen LogP contribution in [0.25, 0.3) is 0 Å². The number of hydrogen-bond acceptors (Lipinski definition) is 3. The Morgan fingerprint density at radius 3 is 2.15 bits per heavy atom. The van der Waals surface area contributed by atoms with Crippen molar-refractivity contribution < 1.29 is 13.2 Å². The average Bonchev–Trinajstić information content (AvgIpc) is 2.76. The van der Waals surface area contributed by atoms with Crippen LogP contribution in [0.3, 0.4) is 0 Å². The molecule has 3 rings (SSSR count). The molecule has 0 bridgehead atoms. The lowest BCUT2D eigenvalue weighted by Gasteiger charge is -2.24. The summed E-state index contributed by atoms with van der Waals surface area (Å²) in [5.74, 6) is -0.339. The standard InChI is InChI=1S/C28H34N2O3S/c1-19-10-12-26(13-11-19)34(32,33)30(17-25-9-7-8-20(2)14-25)18-28(31)29-24(6)27-16-22(4)21(3)15-23(27)5/h7-16,24H,17-18H2,1-6H3,(H,29,31)/t24-/m0/s1. The zero-order valence-electron chi connectivity index (χ0n) is 20.8. The van der Waals surface area contributed by atoms with Gasteiger partial charge in [0.1, 0.15) is 0 Å². The maximum atomic E-state index is 13.5. The second-order valence-corrected chi connectivity index (χ2v) is 11.1. The number of benzene rings is 3. The first-order valence-corrected chi connectivity index (χ1v) is 12.9. The number of nitrogens with one attached hydrogen (secondary N) is 1. The lowest BCUT2D eigenvalue weighted by Crippen LogP contribution is -2.41. The summed E-state index contributed by atoms with van der Waals surface area (Å²) in [5.41, 5.74) is 7.33. The van der Waals surface area contributed by atoms with Crippen molar-refractivity contribution in [2.45, 2.75) is 59.0 Å². The van der Waals surface area contributed by atoms with E-state index in [-0.39, 0.29) is 29.9 Å². The van der Waals surface area contributed by atoms with E-state index in [1.807, 2.05) is 58.9 Å². The van der Waals surface area contributed by atoms with Crippen LogP contribution in [0.4, 0.5) is 0 Å². The number of rotatable bonds is 8. The van der Waals surface area contributed by atoms with Crippen molar-refractivity contribution in [1.82, 2.24) is 9.62 Å². The largest absolute Gasteiger partial charge is 0.348 e. The van der Waals surface area contributed by atoms with E-state index < -0.39 is 10.0 Å². The van der Waals surface area contributed by atoms with Gasteiger partial charge >= 0.3 is 0 Å². The van der Waals surface area contributed by atoms with Crippen molar-refractivity contribution in [3.8, 4) is 0 Å². The van der Waals surface area contributed by atoms with E-state index in [1.165, 1.54) is 9.87 Å². The molecule has 0 aliphatic carbocycles. The monoisotopic (exact) mass is 478 g/mol. The lowest BCUT2D eigenvalue weighted by molar-refractivity contribution is -0.122. The predicted molar refractivity (Wildman–Crippen MR) is 137 cm³/mol. The molecule has 5 nitrogen and oxygen atoms in total. The molecular weight excluding hydrogens is 444 g/mol. The van der Waals surface area contributed by atoms with Gasteiger partial charge in [-0.3, -0.25) is 4.79 Å². The summed E-state index contributed by atoms with van der Waals surface area (Å²) < 4.78 is 28.3. The maximum absolute atomic E-state index is 13.5. The second kappa shape index (κ2) is 10.5. The van der Waals surface area contributed by atoms with Crippen LogP contribution in [0.2, 0.25) is 0 Å². The van der Waals surface area contributed by atoms with E-state index in [2.05, 4.69) is 24.4 Å². The maximum Gasteiger partial charge on any atom is 0.243 e. The molecule has 3 aromatic carbocycles. The molecule has 0 aliphatic rings. The van der Waals surface area contributed by atoms with Crippen molar-refractivity contribution in [3.05, 3.63) is 99.6 Å². The van der Waals surface area contributed by atoms with Crippen LogP contribution in [0.15, 0.2) is 65.6 Å². The van der Waals surface area contributed by atoms with E-state index in [1.54, 1.807) is 24.3 Å². The third kappa shape index (κ3) is 6.13. The van der Waals surface area contributed by atoms with Gasteiger partial charge in [0.05, 0.1) is 17.5 Å². The fraction of sp³-hybridized carbons (Fsp3) is 0.321. The van der Waals surface area contributed by atoms with Crippen LogP contribution in [-0.4, -0.2) is 25.2 Å². The lowest BCUT2D eigenvalue weighted by atomic mass is 9.96. The quantitative estimate of drug-likeness (QED) is 0.478. The predicted octanol–water partition coefficient (Wildman–Crippen LogP) is 5.30. The Bertz CT molecular complexity index is 1280. The summed E-state index contributed by atoms with van der Waals surface area (Å²) in [7, 11) is -3.87. The molecule has 1 atom stereocenters. The van der Waals surface area contributed by atoms with Crippen molar-refractivity contribution in [1.29, 1.82) is 0 Å². The summed E-state index contributed by atoms with van der Waals surface area (Å²) in [6.07, 6.45) is 0. The highest BCUT2D eigenvalue weighted by Gasteiger charge is 2.27. The molecule has 1 amide bonds. The van der Waals surface area contributed by atoms with E-state index >= 15 is 0 Å². The van der Waals surface area contributed by atoms with Gasteiger partial charge in [-0.1, -0.05) is 59.7 Å². The molecule has 0 heterocycles. The Balaban J connectivity index is 1.86. The second-order valence-electron chi connectivity index (χ2n) is 9.16. The van der Waals surface area contributed by atoms with Gasteiger partial charge in [-0.15, -0.1) is 0 Å². The van der Waals surface area contributed by atoms with E-state index in [9.17, 15) is 13.2 Å². The minimum atomic E-state index is -3.87. The number of sulfonamides is 1. The minimum Gasteiger partial charge on any atom is -0.348 e. The normalized spacial score (nSPS) is 12.6. The molecule has 0 radical (unpaired) electrons. The Hall–Kier alpha value is -2.96. The number of nitrogens with zero attached hydrogens (tertiary/aromatic N) is 1. The zero-order valence-corrected chi connectivity index (χ0v) is 21.7. The third-order valence-corrected chi connectivity index (χ3v) is 7.95. The summed E-state index contributed by atoms with van der Waals surface area (Å²) in [5, 5.41) is 3.00. The Morgan fingerprint density at radius 1 is 0.853 bits per heavy atom. The molecule has 0 aromatic heterocycles. The topological polar surface area (TPSA) is 66.5 Å². The third-order valence-electron chi connectivity index (χ3n) is 6.15. The van der Waals surface area contributed by atoms with Crippen LogP contribution < -0.4 is 5.32 Å². The molecule has 0 saturated heterocycles. The number of carbonyl (C=O) groups excluding carboxylic acids is 1. The van der Waals surface area contributed by atoms with Gasteiger partial charge in [-0.2, -0.15) is 4.31 Å². The highest BCUT2D eigenvalue weighted by molar-refractivity contribution is 7.89. The van der Waals surface area contributed by atoms with Crippen LogP contribution in [0, 0.1) is 34.6 Å². The van der Waals surface area contributed by atoms with Crippen LogP contribution in [-0.2, 0) is 21.4 Å². The molecule has 0 unspecified atom stereocenters. The van der Waals surface area contributed by atoms with Crippen molar-refractivity contribution >= 4 is 15.9 Å². The number of amides is 1. The minimum absolute atomic E-state index is 0.113. The first kappa shape index (κ1) is 25.7. The fourth-order valence-electron chi connectivity index (χ4n) is 4.07. The molecule has 6 heteroatoms. The number of carbonyl (C=O) groups is 1. The average molecular weight is 479 g/mol. The van der Waals surface area contributed by atoms with Crippen molar-refractivity contribution in [2.75, 3.05) is 6.54 Å². The molecule has 0 aliphatic heterocycles. The van der Waals surface area contributed by atoms with Crippen LogP contribution in [0.5, 0.6) is 0 Å². The summed E-state index contributed by atoms with van der Waals surface area (Å²) in [4.78, 5) is 13.2. The molecule has 3 aromatic rings. The van der Waals surface area contributed by atoms with Crippen LogP contribution in [0.1, 0.15) is 51.9 Å². The van der Waals surface area contributed by atoms with Gasteiger partial charge in [0.2, 0.25) is 15.9 Å².